The van der Waals surface area contributed by atoms with E-state index in [2.05, 4.69) is 6.92 Å². The molecule has 1 radical (unpaired) electrons. The Morgan fingerprint density at radius 2 is 0.929 bits per heavy atom. The summed E-state index contributed by atoms with van der Waals surface area (Å²) in [6, 6.07) is 0. The van der Waals surface area contributed by atoms with Gasteiger partial charge in [0.05, 0.1) is 33.0 Å². The van der Waals surface area contributed by atoms with E-state index in [1.165, 1.54) is 83.5 Å². The molecule has 0 atom stereocenters. The number of unbranched alkanes of at least 4 members (excludes halogenated alkanes) is 13. The molecule has 0 aliphatic rings. The highest BCUT2D eigenvalue weighted by atomic mass is 16.6. The normalized spacial score (nSPS) is 11.4. The monoisotopic (exact) mass is 401 g/mol. The predicted molar refractivity (Wildman–Crippen MR) is 119 cm³/mol. The van der Waals surface area contributed by atoms with Crippen LogP contribution in [0.5, 0.6) is 0 Å². The molecule has 0 amide bonds. The van der Waals surface area contributed by atoms with Crippen molar-refractivity contribution in [3.63, 3.8) is 0 Å². The number of rotatable bonds is 25. The van der Waals surface area contributed by atoms with Crippen molar-refractivity contribution in [3.05, 3.63) is 6.61 Å². The minimum atomic E-state index is 0.535. The lowest BCUT2D eigenvalue weighted by molar-refractivity contribution is 0.0119. The van der Waals surface area contributed by atoms with E-state index < -0.39 is 0 Å². The summed E-state index contributed by atoms with van der Waals surface area (Å²) in [5.74, 6) is 0. The average molecular weight is 402 g/mol. The van der Waals surface area contributed by atoms with Gasteiger partial charge in [-0.1, -0.05) is 90.4 Å². The van der Waals surface area contributed by atoms with Crippen molar-refractivity contribution in [2.75, 3.05) is 46.2 Å². The molecule has 0 aromatic carbocycles. The SMILES string of the molecule is CCCCCCCCCCCCCCCCO[CH]COCCOCCOCC. The Kier molecular flexibility index (Phi) is 26.7. The molecule has 0 rings (SSSR count). The Balaban J connectivity index is 2.96. The molecule has 0 heterocycles. The molecule has 28 heavy (non-hydrogen) atoms. The molecule has 0 aliphatic carbocycles. The second kappa shape index (κ2) is 26.8. The van der Waals surface area contributed by atoms with Gasteiger partial charge in [-0.15, -0.1) is 0 Å². The summed E-state index contributed by atoms with van der Waals surface area (Å²) in [6.07, 6.45) is 19.4. The zero-order valence-electron chi connectivity index (χ0n) is 19.1. The van der Waals surface area contributed by atoms with E-state index in [9.17, 15) is 0 Å². The van der Waals surface area contributed by atoms with E-state index in [-0.39, 0.29) is 0 Å². The fourth-order valence-electron chi connectivity index (χ4n) is 3.12. The third-order valence-electron chi connectivity index (χ3n) is 4.87. The van der Waals surface area contributed by atoms with Crippen LogP contribution in [-0.4, -0.2) is 46.2 Å². The molecule has 4 nitrogen and oxygen atoms in total. The van der Waals surface area contributed by atoms with Gasteiger partial charge in [-0.3, -0.25) is 0 Å². The van der Waals surface area contributed by atoms with Crippen LogP contribution >= 0.6 is 0 Å². The summed E-state index contributed by atoms with van der Waals surface area (Å²) in [6.45, 7) is 10.6. The molecule has 169 valence electrons. The molecule has 0 bridgehead atoms. The minimum Gasteiger partial charge on any atom is -0.379 e. The summed E-state index contributed by atoms with van der Waals surface area (Å²) in [5, 5.41) is 0. The van der Waals surface area contributed by atoms with Crippen LogP contribution in [-0.2, 0) is 18.9 Å². The summed E-state index contributed by atoms with van der Waals surface area (Å²) in [4.78, 5) is 0. The van der Waals surface area contributed by atoms with E-state index in [1.807, 2.05) is 6.92 Å². The van der Waals surface area contributed by atoms with E-state index in [1.54, 1.807) is 6.61 Å². The number of hydrogen-bond acceptors (Lipinski definition) is 4. The number of hydrogen-bond donors (Lipinski definition) is 0. The molecule has 0 aromatic heterocycles. The van der Waals surface area contributed by atoms with Gasteiger partial charge in [0.25, 0.3) is 0 Å². The summed E-state index contributed by atoms with van der Waals surface area (Å²) in [5.41, 5.74) is 0. The maximum atomic E-state index is 5.49. The minimum absolute atomic E-state index is 0.535. The maximum Gasteiger partial charge on any atom is 0.109 e. The summed E-state index contributed by atoms with van der Waals surface area (Å²) >= 11 is 0. The van der Waals surface area contributed by atoms with Crippen molar-refractivity contribution in [2.45, 2.75) is 104 Å². The third kappa shape index (κ3) is 25.8. The maximum absolute atomic E-state index is 5.49. The van der Waals surface area contributed by atoms with Gasteiger partial charge in [0.2, 0.25) is 0 Å². The summed E-state index contributed by atoms with van der Waals surface area (Å²) < 4.78 is 21.5. The van der Waals surface area contributed by atoms with Gasteiger partial charge < -0.3 is 18.9 Å². The number of ether oxygens (including phenoxy) is 4. The van der Waals surface area contributed by atoms with Gasteiger partial charge in [-0.2, -0.15) is 0 Å². The zero-order valence-corrected chi connectivity index (χ0v) is 19.1. The lowest BCUT2D eigenvalue weighted by Crippen LogP contribution is -2.10. The summed E-state index contributed by atoms with van der Waals surface area (Å²) in [7, 11) is 0. The Morgan fingerprint density at radius 3 is 1.46 bits per heavy atom. The van der Waals surface area contributed by atoms with Gasteiger partial charge in [-0.25, -0.2) is 0 Å². The van der Waals surface area contributed by atoms with Gasteiger partial charge in [0.1, 0.15) is 6.61 Å². The van der Waals surface area contributed by atoms with E-state index in [0.717, 1.165) is 19.6 Å². The fraction of sp³-hybridized carbons (Fsp3) is 0.958. The largest absolute Gasteiger partial charge is 0.379 e. The van der Waals surface area contributed by atoms with Gasteiger partial charge in [-0.05, 0) is 13.3 Å². The molecule has 0 aliphatic heterocycles. The highest BCUT2D eigenvalue weighted by molar-refractivity contribution is 4.51. The van der Waals surface area contributed by atoms with E-state index >= 15 is 0 Å². The molecule has 0 N–H and O–H groups in total. The standard InChI is InChI=1S/C24H49O4/c1-3-5-6-7-8-9-10-11-12-13-14-15-16-17-18-26-21-22-28-24-23-27-20-19-25-4-2/h21H,3-20,22-24H2,1-2H3. The lowest BCUT2D eigenvalue weighted by Gasteiger charge is -2.06. The molecule has 0 fully saturated rings. The van der Waals surface area contributed by atoms with Gasteiger partial charge >= 0.3 is 0 Å². The van der Waals surface area contributed by atoms with Crippen molar-refractivity contribution in [2.24, 2.45) is 0 Å². The third-order valence-corrected chi connectivity index (χ3v) is 4.87. The molecule has 0 unspecified atom stereocenters. The predicted octanol–water partition coefficient (Wildman–Crippen LogP) is 6.72. The molecular weight excluding hydrogens is 352 g/mol. The van der Waals surface area contributed by atoms with Crippen LogP contribution in [0.15, 0.2) is 0 Å². The first-order chi connectivity index (χ1) is 13.9. The van der Waals surface area contributed by atoms with Crippen LogP contribution in [0.25, 0.3) is 0 Å². The molecule has 4 heteroatoms. The van der Waals surface area contributed by atoms with Crippen molar-refractivity contribution >= 4 is 0 Å². The van der Waals surface area contributed by atoms with Gasteiger partial charge in [0.15, 0.2) is 0 Å². The highest BCUT2D eigenvalue weighted by Crippen LogP contribution is 2.12. The quantitative estimate of drug-likeness (QED) is 0.159. The van der Waals surface area contributed by atoms with Crippen LogP contribution < -0.4 is 0 Å². The van der Waals surface area contributed by atoms with E-state index in [4.69, 9.17) is 18.9 Å². The Hall–Kier alpha value is -0.160. The topological polar surface area (TPSA) is 36.9 Å². The Labute approximate surface area is 176 Å². The van der Waals surface area contributed by atoms with Crippen molar-refractivity contribution in [3.8, 4) is 0 Å². The van der Waals surface area contributed by atoms with E-state index in [0.29, 0.717) is 33.0 Å². The second-order valence-electron chi connectivity index (χ2n) is 7.52. The smallest absolute Gasteiger partial charge is 0.109 e. The molecule has 0 saturated carbocycles. The molecule has 0 saturated heterocycles. The first-order valence-corrected chi connectivity index (χ1v) is 12.1. The van der Waals surface area contributed by atoms with Crippen LogP contribution in [0.2, 0.25) is 0 Å². The van der Waals surface area contributed by atoms with Crippen molar-refractivity contribution in [1.29, 1.82) is 0 Å². The molecule has 0 aromatic rings. The van der Waals surface area contributed by atoms with Crippen LogP contribution in [0, 0.1) is 6.61 Å². The zero-order chi connectivity index (χ0) is 20.4. The average Bonchev–Trinajstić information content (AvgIpc) is 2.71. The van der Waals surface area contributed by atoms with Crippen molar-refractivity contribution < 1.29 is 18.9 Å². The van der Waals surface area contributed by atoms with Crippen LogP contribution in [0.4, 0.5) is 0 Å². The fourth-order valence-corrected chi connectivity index (χ4v) is 3.12. The molecule has 0 spiro atoms. The Bertz CT molecular complexity index is 235. The first-order valence-electron chi connectivity index (χ1n) is 12.1. The van der Waals surface area contributed by atoms with Gasteiger partial charge in [0, 0.05) is 13.2 Å². The first kappa shape index (κ1) is 27.8. The second-order valence-corrected chi connectivity index (χ2v) is 7.52. The Morgan fingerprint density at radius 1 is 0.464 bits per heavy atom. The van der Waals surface area contributed by atoms with Crippen molar-refractivity contribution in [1.82, 2.24) is 0 Å². The van der Waals surface area contributed by atoms with Crippen LogP contribution in [0.3, 0.4) is 0 Å². The van der Waals surface area contributed by atoms with Crippen LogP contribution in [0.1, 0.15) is 104 Å². The molecular formula is C24H49O4. The lowest BCUT2D eigenvalue weighted by atomic mass is 10.0. The highest BCUT2D eigenvalue weighted by Gasteiger charge is 1.95.